The van der Waals surface area contributed by atoms with Gasteiger partial charge in [-0.3, -0.25) is 9.59 Å². The van der Waals surface area contributed by atoms with E-state index in [1.807, 2.05) is 74.5 Å². The van der Waals surface area contributed by atoms with Crippen molar-refractivity contribution in [1.82, 2.24) is 9.80 Å². The molecule has 0 N–H and O–H groups in total. The first-order chi connectivity index (χ1) is 20.2. The van der Waals surface area contributed by atoms with Gasteiger partial charge in [-0.1, -0.05) is 60.7 Å². The first-order valence-corrected chi connectivity index (χ1v) is 14.3. The number of hydrogen-bond acceptors (Lipinski definition) is 8. The van der Waals surface area contributed by atoms with E-state index in [4.69, 9.17) is 18.9 Å². The lowest BCUT2D eigenvalue weighted by molar-refractivity contribution is -0.148. The maximum absolute atomic E-state index is 12.2. The fourth-order valence-corrected chi connectivity index (χ4v) is 5.05. The molecular weight excluding hydrogens is 540 g/mol. The van der Waals surface area contributed by atoms with Crippen LogP contribution < -0.4 is 0 Å². The Labute approximate surface area is 247 Å². The van der Waals surface area contributed by atoms with Gasteiger partial charge in [-0.15, -0.1) is 0 Å². The van der Waals surface area contributed by atoms with Crippen molar-refractivity contribution in [2.45, 2.75) is 64.8 Å². The van der Waals surface area contributed by atoms with E-state index in [1.54, 1.807) is 9.80 Å². The Morgan fingerprint density at radius 1 is 0.619 bits per heavy atom. The fourth-order valence-electron chi connectivity index (χ4n) is 5.05. The van der Waals surface area contributed by atoms with Crippen molar-refractivity contribution in [3.63, 3.8) is 0 Å². The molecule has 2 aliphatic rings. The molecule has 0 aliphatic carbocycles. The van der Waals surface area contributed by atoms with Gasteiger partial charge < -0.3 is 28.7 Å². The van der Waals surface area contributed by atoms with Crippen molar-refractivity contribution >= 4 is 24.1 Å². The molecule has 2 amide bonds. The van der Waals surface area contributed by atoms with E-state index in [1.165, 1.54) is 14.2 Å². The van der Waals surface area contributed by atoms with Crippen LogP contribution in [0.5, 0.6) is 0 Å². The molecule has 4 rings (SSSR count). The van der Waals surface area contributed by atoms with Crippen LogP contribution in [0.25, 0.3) is 0 Å². The highest BCUT2D eigenvalue weighted by molar-refractivity contribution is 5.75. The summed E-state index contributed by atoms with van der Waals surface area (Å²) in [4.78, 5) is 50.9. The SMILES string of the molecule is COC(=O)[C@@H]1CC[C@@H](C)N(C(=O)OCc2ccccc2)C1.COC(=O)[C@H]1CC[C@H](C)N(C(=O)OCc2ccccc2)C1. The molecule has 0 radical (unpaired) electrons. The third-order valence-corrected chi connectivity index (χ3v) is 7.71. The smallest absolute Gasteiger partial charge is 0.410 e. The molecular formula is C32H42N2O8. The molecule has 2 saturated heterocycles. The van der Waals surface area contributed by atoms with Gasteiger partial charge in [0.1, 0.15) is 13.2 Å². The Hall–Kier alpha value is -4.08. The molecule has 0 bridgehead atoms. The number of piperidine rings is 2. The summed E-state index contributed by atoms with van der Waals surface area (Å²) >= 11 is 0. The van der Waals surface area contributed by atoms with Gasteiger partial charge in [-0.05, 0) is 50.7 Å². The zero-order valence-electron chi connectivity index (χ0n) is 24.9. The molecule has 0 saturated carbocycles. The number of nitrogens with zero attached hydrogens (tertiary/aromatic N) is 2. The van der Waals surface area contributed by atoms with E-state index in [-0.39, 0.29) is 61.3 Å². The highest BCUT2D eigenvalue weighted by Gasteiger charge is 2.35. The zero-order valence-corrected chi connectivity index (χ0v) is 24.9. The number of rotatable bonds is 6. The monoisotopic (exact) mass is 582 g/mol. The summed E-state index contributed by atoms with van der Waals surface area (Å²) in [5.74, 6) is -1.03. The summed E-state index contributed by atoms with van der Waals surface area (Å²) in [5, 5.41) is 0. The Morgan fingerprint density at radius 3 is 1.31 bits per heavy atom. The first-order valence-electron chi connectivity index (χ1n) is 14.3. The Balaban J connectivity index is 0.000000230. The Kier molecular flexibility index (Phi) is 12.7. The summed E-state index contributed by atoms with van der Waals surface area (Å²) in [7, 11) is 2.75. The third kappa shape index (κ3) is 9.49. The number of esters is 2. The lowest BCUT2D eigenvalue weighted by Gasteiger charge is -2.36. The molecule has 0 aromatic heterocycles. The Bertz CT molecular complexity index is 1070. The Morgan fingerprint density at radius 2 is 0.976 bits per heavy atom. The van der Waals surface area contributed by atoms with Crippen molar-refractivity contribution in [2.24, 2.45) is 11.8 Å². The maximum Gasteiger partial charge on any atom is 0.410 e. The van der Waals surface area contributed by atoms with Gasteiger partial charge in [0.2, 0.25) is 0 Å². The predicted molar refractivity (Wildman–Crippen MR) is 155 cm³/mol. The highest BCUT2D eigenvalue weighted by Crippen LogP contribution is 2.25. The van der Waals surface area contributed by atoms with Crippen molar-refractivity contribution in [1.29, 1.82) is 0 Å². The second-order valence-electron chi connectivity index (χ2n) is 10.7. The molecule has 42 heavy (non-hydrogen) atoms. The van der Waals surface area contributed by atoms with Crippen LogP contribution in [0.1, 0.15) is 50.7 Å². The van der Waals surface area contributed by atoms with Gasteiger partial charge in [-0.25, -0.2) is 9.59 Å². The van der Waals surface area contributed by atoms with Crippen molar-refractivity contribution in [3.05, 3.63) is 71.8 Å². The molecule has 2 fully saturated rings. The molecule has 228 valence electrons. The molecule has 10 nitrogen and oxygen atoms in total. The lowest BCUT2D eigenvalue weighted by atomic mass is 9.94. The molecule has 0 unspecified atom stereocenters. The summed E-state index contributed by atoms with van der Waals surface area (Å²) in [5.41, 5.74) is 1.89. The van der Waals surface area contributed by atoms with Crippen LogP contribution in [-0.4, -0.2) is 73.3 Å². The van der Waals surface area contributed by atoms with Crippen molar-refractivity contribution < 1.29 is 38.1 Å². The molecule has 2 heterocycles. The van der Waals surface area contributed by atoms with Gasteiger partial charge >= 0.3 is 24.1 Å². The number of ether oxygens (including phenoxy) is 4. The summed E-state index contributed by atoms with van der Waals surface area (Å²) < 4.78 is 20.2. The topological polar surface area (TPSA) is 112 Å². The first kappa shape index (κ1) is 32.4. The normalized spacial score (nSPS) is 21.7. The van der Waals surface area contributed by atoms with Crippen LogP contribution >= 0.6 is 0 Å². The maximum atomic E-state index is 12.2. The van der Waals surface area contributed by atoms with Crippen LogP contribution in [0.4, 0.5) is 9.59 Å². The zero-order chi connectivity index (χ0) is 30.5. The van der Waals surface area contributed by atoms with E-state index in [2.05, 4.69) is 0 Å². The number of amides is 2. The average molecular weight is 583 g/mol. The average Bonchev–Trinajstić information content (AvgIpc) is 3.03. The number of hydrogen-bond donors (Lipinski definition) is 0. The van der Waals surface area contributed by atoms with E-state index in [9.17, 15) is 19.2 Å². The van der Waals surface area contributed by atoms with Crippen LogP contribution in [0.2, 0.25) is 0 Å². The molecule has 2 aromatic rings. The molecule has 10 heteroatoms. The summed E-state index contributed by atoms with van der Waals surface area (Å²) in [6.07, 6.45) is 2.30. The van der Waals surface area contributed by atoms with Gasteiger partial charge in [0.25, 0.3) is 0 Å². The summed E-state index contributed by atoms with van der Waals surface area (Å²) in [6.45, 7) is 5.15. The van der Waals surface area contributed by atoms with Gasteiger partial charge in [-0.2, -0.15) is 0 Å². The molecule has 0 spiro atoms. The van der Waals surface area contributed by atoms with E-state index in [0.29, 0.717) is 13.1 Å². The molecule has 2 aromatic carbocycles. The largest absolute Gasteiger partial charge is 0.469 e. The van der Waals surface area contributed by atoms with Crippen molar-refractivity contribution in [2.75, 3.05) is 27.3 Å². The lowest BCUT2D eigenvalue weighted by Crippen LogP contribution is -2.47. The van der Waals surface area contributed by atoms with Crippen LogP contribution in [0.3, 0.4) is 0 Å². The predicted octanol–water partition coefficient (Wildman–Crippen LogP) is 5.19. The minimum Gasteiger partial charge on any atom is -0.469 e. The number of benzene rings is 2. The molecule has 2 aliphatic heterocycles. The standard InChI is InChI=1S/2C16H21NO4/c2*1-12-8-9-14(15(18)20-2)10-17(12)16(19)21-11-13-6-4-3-5-7-13/h2*3-7,12,14H,8-11H2,1-2H3/t2*12-,14-/m10/s1. The van der Waals surface area contributed by atoms with Crippen LogP contribution in [0.15, 0.2) is 60.7 Å². The number of carbonyl (C=O) groups is 4. The number of likely N-dealkylation sites (tertiary alicyclic amines) is 2. The second kappa shape index (κ2) is 16.4. The minimum atomic E-state index is -0.375. The van der Waals surface area contributed by atoms with Gasteiger partial charge in [0.05, 0.1) is 26.1 Å². The number of carbonyl (C=O) groups excluding carboxylic acids is 4. The van der Waals surface area contributed by atoms with Crippen LogP contribution in [-0.2, 0) is 41.8 Å². The van der Waals surface area contributed by atoms with E-state index >= 15 is 0 Å². The van der Waals surface area contributed by atoms with Crippen LogP contribution in [0, 0.1) is 11.8 Å². The minimum absolute atomic E-state index is 0.0779. The number of methoxy groups -OCH3 is 2. The third-order valence-electron chi connectivity index (χ3n) is 7.71. The van der Waals surface area contributed by atoms with Gasteiger partial charge in [0, 0.05) is 25.2 Å². The summed E-state index contributed by atoms with van der Waals surface area (Å²) in [6, 6.07) is 19.2. The quantitative estimate of drug-likeness (QED) is 0.338. The van der Waals surface area contributed by atoms with Crippen molar-refractivity contribution in [3.8, 4) is 0 Å². The fraction of sp³-hybridized carbons (Fsp3) is 0.500. The highest BCUT2D eigenvalue weighted by atomic mass is 16.6. The van der Waals surface area contributed by atoms with E-state index in [0.717, 1.165) is 36.8 Å². The van der Waals surface area contributed by atoms with E-state index < -0.39 is 0 Å². The second-order valence-corrected chi connectivity index (χ2v) is 10.7. The van der Waals surface area contributed by atoms with Gasteiger partial charge in [0.15, 0.2) is 0 Å². The molecule has 4 atom stereocenters.